The number of amides is 1. The van der Waals surface area contributed by atoms with E-state index >= 15 is 0 Å². The Bertz CT molecular complexity index is 947. The minimum atomic E-state index is -3.46. The summed E-state index contributed by atoms with van der Waals surface area (Å²) in [5, 5.41) is 4.08. The lowest BCUT2D eigenvalue weighted by Crippen LogP contribution is -2.57. The average Bonchev–Trinajstić information content (AvgIpc) is 3.27. The Kier molecular flexibility index (Phi) is 6.14. The van der Waals surface area contributed by atoms with Crippen molar-refractivity contribution in [2.75, 3.05) is 59.4 Å². The molecule has 1 aromatic heterocycles. The van der Waals surface area contributed by atoms with Gasteiger partial charge in [-0.2, -0.15) is 22.1 Å². The Morgan fingerprint density at radius 1 is 0.933 bits per heavy atom. The number of aromatic nitrogens is 3. The summed E-state index contributed by atoms with van der Waals surface area (Å²) in [7, 11) is -1.47. The van der Waals surface area contributed by atoms with Crippen LogP contribution in [0.15, 0.2) is 36.9 Å². The summed E-state index contributed by atoms with van der Waals surface area (Å²) < 4.78 is 30.5. The summed E-state index contributed by atoms with van der Waals surface area (Å²) in [6.07, 6.45) is 3.14. The number of hydrogen-bond donors (Lipinski definition) is 0. The summed E-state index contributed by atoms with van der Waals surface area (Å²) in [4.78, 5) is 20.6. The molecule has 30 heavy (non-hydrogen) atoms. The van der Waals surface area contributed by atoms with Crippen molar-refractivity contribution in [1.82, 2.24) is 33.2 Å². The number of piperazine rings is 2. The molecule has 0 unspecified atom stereocenters. The lowest BCUT2D eigenvalue weighted by atomic mass is 10.1. The highest BCUT2D eigenvalue weighted by atomic mass is 32.2. The van der Waals surface area contributed by atoms with E-state index in [4.69, 9.17) is 0 Å². The van der Waals surface area contributed by atoms with Crippen LogP contribution in [0.1, 0.15) is 15.9 Å². The van der Waals surface area contributed by atoms with Gasteiger partial charge in [0.2, 0.25) is 0 Å². The van der Waals surface area contributed by atoms with Crippen LogP contribution in [0.5, 0.6) is 0 Å². The number of carbonyl (C=O) groups is 1. The van der Waals surface area contributed by atoms with Gasteiger partial charge in [0.1, 0.15) is 12.7 Å². The molecule has 0 bridgehead atoms. The van der Waals surface area contributed by atoms with Crippen molar-refractivity contribution < 1.29 is 13.2 Å². The predicted molar refractivity (Wildman–Crippen MR) is 111 cm³/mol. The van der Waals surface area contributed by atoms with Crippen LogP contribution in [-0.2, 0) is 16.8 Å². The van der Waals surface area contributed by atoms with Crippen molar-refractivity contribution in [3.63, 3.8) is 0 Å². The first-order valence-corrected chi connectivity index (χ1v) is 11.5. The molecule has 1 amide bonds. The van der Waals surface area contributed by atoms with Gasteiger partial charge in [0.05, 0.1) is 6.54 Å². The maximum atomic E-state index is 12.9. The second-order valence-corrected chi connectivity index (χ2v) is 9.62. The third-order valence-electron chi connectivity index (χ3n) is 5.65. The molecule has 0 spiro atoms. The van der Waals surface area contributed by atoms with Crippen LogP contribution < -0.4 is 0 Å². The Balaban J connectivity index is 1.33. The number of likely N-dealkylation sites (N-methyl/N-ethyl adjacent to an activating group) is 1. The number of benzene rings is 1. The Morgan fingerprint density at radius 3 is 2.10 bits per heavy atom. The number of carbonyl (C=O) groups excluding carboxylic acids is 1. The molecule has 162 valence electrons. The maximum absolute atomic E-state index is 12.9. The molecule has 1 aromatic carbocycles. The molecule has 0 aliphatic carbocycles. The molecule has 2 fully saturated rings. The highest BCUT2D eigenvalue weighted by molar-refractivity contribution is 7.86. The lowest BCUT2D eigenvalue weighted by Gasteiger charge is -2.39. The smallest absolute Gasteiger partial charge is 0.282 e. The van der Waals surface area contributed by atoms with E-state index in [2.05, 4.69) is 15.0 Å². The standard InChI is InChI=1S/C19H27N7O3S/c1-22-6-10-25(11-7-22)30(28,29)26-12-8-23(9-13-26)19(27)18-4-2-17(3-5-18)14-24-16-20-15-21-24/h2-5,15-16H,6-14H2,1H3. The molecule has 2 aliphatic heterocycles. The Labute approximate surface area is 176 Å². The van der Waals surface area contributed by atoms with Crippen LogP contribution in [0.3, 0.4) is 0 Å². The van der Waals surface area contributed by atoms with Crippen molar-refractivity contribution in [2.24, 2.45) is 0 Å². The van der Waals surface area contributed by atoms with E-state index in [1.54, 1.807) is 20.2 Å². The van der Waals surface area contributed by atoms with Crippen molar-refractivity contribution in [2.45, 2.75) is 6.54 Å². The van der Waals surface area contributed by atoms with Gasteiger partial charge in [0.15, 0.2) is 0 Å². The molecule has 4 rings (SSSR count). The monoisotopic (exact) mass is 433 g/mol. The van der Waals surface area contributed by atoms with Crippen LogP contribution in [0, 0.1) is 0 Å². The Morgan fingerprint density at radius 2 is 1.53 bits per heavy atom. The van der Waals surface area contributed by atoms with E-state index in [1.807, 2.05) is 31.3 Å². The van der Waals surface area contributed by atoms with E-state index < -0.39 is 10.2 Å². The molecule has 0 radical (unpaired) electrons. The molecular formula is C19H27N7O3S. The zero-order chi connectivity index (χ0) is 21.1. The molecule has 2 aliphatic rings. The quantitative estimate of drug-likeness (QED) is 0.636. The van der Waals surface area contributed by atoms with E-state index in [9.17, 15) is 13.2 Å². The second-order valence-electron chi connectivity index (χ2n) is 7.69. The van der Waals surface area contributed by atoms with E-state index in [0.29, 0.717) is 51.4 Å². The minimum Gasteiger partial charge on any atom is -0.336 e. The van der Waals surface area contributed by atoms with Gasteiger partial charge in [-0.3, -0.25) is 4.79 Å². The molecule has 11 heteroatoms. The van der Waals surface area contributed by atoms with Gasteiger partial charge in [-0.05, 0) is 24.7 Å². The summed E-state index contributed by atoms with van der Waals surface area (Å²) >= 11 is 0. The van der Waals surface area contributed by atoms with Crippen molar-refractivity contribution in [1.29, 1.82) is 0 Å². The summed E-state index contributed by atoms with van der Waals surface area (Å²) in [5.74, 6) is -0.0704. The number of rotatable bonds is 5. The van der Waals surface area contributed by atoms with Crippen LogP contribution in [0.2, 0.25) is 0 Å². The fourth-order valence-electron chi connectivity index (χ4n) is 3.74. The zero-order valence-electron chi connectivity index (χ0n) is 17.1. The van der Waals surface area contributed by atoms with Gasteiger partial charge in [-0.1, -0.05) is 12.1 Å². The van der Waals surface area contributed by atoms with Crippen molar-refractivity contribution in [3.05, 3.63) is 48.0 Å². The van der Waals surface area contributed by atoms with Gasteiger partial charge in [0.25, 0.3) is 16.1 Å². The van der Waals surface area contributed by atoms with Gasteiger partial charge in [0, 0.05) is 57.9 Å². The van der Waals surface area contributed by atoms with Gasteiger partial charge in [-0.25, -0.2) is 9.67 Å². The molecule has 2 aromatic rings. The van der Waals surface area contributed by atoms with E-state index in [-0.39, 0.29) is 5.91 Å². The SMILES string of the molecule is CN1CCN(S(=O)(=O)N2CCN(C(=O)c3ccc(Cn4cncn4)cc3)CC2)CC1. The van der Waals surface area contributed by atoms with Crippen LogP contribution in [0.25, 0.3) is 0 Å². The normalized spacial score (nSPS) is 19.8. The van der Waals surface area contributed by atoms with Gasteiger partial charge < -0.3 is 9.80 Å². The van der Waals surface area contributed by atoms with Crippen molar-refractivity contribution in [3.8, 4) is 0 Å². The van der Waals surface area contributed by atoms with Crippen molar-refractivity contribution >= 4 is 16.1 Å². The number of nitrogens with zero attached hydrogens (tertiary/aromatic N) is 7. The van der Waals surface area contributed by atoms with Crippen LogP contribution in [-0.4, -0.2) is 107 Å². The topological polar surface area (TPSA) is 94.9 Å². The summed E-state index contributed by atoms with van der Waals surface area (Å²) in [5.41, 5.74) is 1.63. The molecule has 3 heterocycles. The molecule has 0 N–H and O–H groups in total. The number of hydrogen-bond acceptors (Lipinski definition) is 6. The maximum Gasteiger partial charge on any atom is 0.282 e. The highest BCUT2D eigenvalue weighted by Crippen LogP contribution is 2.16. The minimum absolute atomic E-state index is 0.0704. The van der Waals surface area contributed by atoms with Crippen LogP contribution >= 0.6 is 0 Å². The van der Waals surface area contributed by atoms with E-state index in [1.165, 1.54) is 10.6 Å². The fourth-order valence-corrected chi connectivity index (χ4v) is 5.32. The van der Waals surface area contributed by atoms with Gasteiger partial charge >= 0.3 is 0 Å². The predicted octanol–water partition coefficient (Wildman–Crippen LogP) is -0.424. The third-order valence-corrected chi connectivity index (χ3v) is 7.69. The fraction of sp³-hybridized carbons (Fsp3) is 0.526. The average molecular weight is 434 g/mol. The summed E-state index contributed by atoms with van der Waals surface area (Å²) in [6, 6.07) is 7.43. The van der Waals surface area contributed by atoms with E-state index in [0.717, 1.165) is 18.7 Å². The Hall–Kier alpha value is -2.34. The third kappa shape index (κ3) is 4.53. The summed E-state index contributed by atoms with van der Waals surface area (Å²) in [6.45, 7) is 4.54. The molecular weight excluding hydrogens is 406 g/mol. The largest absolute Gasteiger partial charge is 0.336 e. The van der Waals surface area contributed by atoms with Crippen LogP contribution in [0.4, 0.5) is 0 Å². The second kappa shape index (κ2) is 8.80. The molecule has 2 saturated heterocycles. The molecule has 0 atom stereocenters. The molecule has 0 saturated carbocycles. The lowest BCUT2D eigenvalue weighted by molar-refractivity contribution is 0.0692. The molecule has 10 nitrogen and oxygen atoms in total. The first-order valence-electron chi connectivity index (χ1n) is 10.1. The first-order chi connectivity index (χ1) is 14.4. The highest BCUT2D eigenvalue weighted by Gasteiger charge is 2.34. The van der Waals surface area contributed by atoms with Gasteiger partial charge in [-0.15, -0.1) is 0 Å². The zero-order valence-corrected chi connectivity index (χ0v) is 17.9. The first kappa shape index (κ1) is 20.9.